The van der Waals surface area contributed by atoms with Crippen molar-refractivity contribution in [3.63, 3.8) is 0 Å². The van der Waals surface area contributed by atoms with E-state index in [0.29, 0.717) is 0 Å². The third-order valence-corrected chi connectivity index (χ3v) is 3.19. The molecule has 1 atom stereocenters. The minimum Gasteiger partial charge on any atom is -0.308 e. The maximum atomic E-state index is 3.96. The van der Waals surface area contributed by atoms with Crippen molar-refractivity contribution in [3.05, 3.63) is 45.3 Å². The molecule has 84 valence electrons. The van der Waals surface area contributed by atoms with E-state index >= 15 is 0 Å². The van der Waals surface area contributed by atoms with Gasteiger partial charge in [0.1, 0.15) is 0 Å². The van der Waals surface area contributed by atoms with Crippen LogP contribution in [0.15, 0.2) is 30.5 Å². The summed E-state index contributed by atoms with van der Waals surface area (Å²) in [7, 11) is 3.85. The number of nitrogens with zero attached hydrogens (tertiary/aromatic N) is 3. The average molecular weight is 328 g/mol. The van der Waals surface area contributed by atoms with Crippen molar-refractivity contribution in [2.45, 2.75) is 6.04 Å². The molecule has 0 amide bonds. The zero-order valence-corrected chi connectivity index (χ0v) is 11.3. The highest BCUT2D eigenvalue weighted by molar-refractivity contribution is 14.1. The molecule has 0 radical (unpaired) electrons. The second kappa shape index (κ2) is 4.92. The van der Waals surface area contributed by atoms with Crippen LogP contribution >= 0.6 is 22.6 Å². The van der Waals surface area contributed by atoms with E-state index in [0.717, 1.165) is 5.69 Å². The molecule has 4 nitrogen and oxygen atoms in total. The molecule has 1 heterocycles. The number of halogens is 1. The number of hydrogen-bond donors (Lipinski definition) is 1. The first-order valence-corrected chi connectivity index (χ1v) is 6.07. The highest BCUT2D eigenvalue weighted by Gasteiger charge is 2.15. The molecule has 1 aromatic carbocycles. The molecule has 0 fully saturated rings. The quantitative estimate of drug-likeness (QED) is 0.873. The van der Waals surface area contributed by atoms with Gasteiger partial charge < -0.3 is 5.32 Å². The molecule has 1 aromatic heterocycles. The fourth-order valence-electron chi connectivity index (χ4n) is 1.73. The van der Waals surface area contributed by atoms with Gasteiger partial charge in [0, 0.05) is 10.6 Å². The van der Waals surface area contributed by atoms with Crippen molar-refractivity contribution in [1.82, 2.24) is 20.3 Å². The standard InChI is InChI=1S/C11H13IN4/c1-13-11(10-7-14-15-16(10)2)8-4-3-5-9(12)6-8/h3-7,11,13H,1-2H3. The Labute approximate surface area is 108 Å². The summed E-state index contributed by atoms with van der Waals surface area (Å²) in [5, 5.41) is 11.2. The van der Waals surface area contributed by atoms with Crippen molar-refractivity contribution in [3.8, 4) is 0 Å². The van der Waals surface area contributed by atoms with Gasteiger partial charge in [0.05, 0.1) is 17.9 Å². The molecule has 16 heavy (non-hydrogen) atoms. The van der Waals surface area contributed by atoms with Crippen molar-refractivity contribution in [1.29, 1.82) is 0 Å². The van der Waals surface area contributed by atoms with Crippen LogP contribution < -0.4 is 5.32 Å². The first-order chi connectivity index (χ1) is 7.72. The van der Waals surface area contributed by atoms with Crippen LogP contribution in [0.4, 0.5) is 0 Å². The molecule has 0 bridgehead atoms. The highest BCUT2D eigenvalue weighted by atomic mass is 127. The molecule has 0 saturated carbocycles. The van der Waals surface area contributed by atoms with Crippen molar-refractivity contribution < 1.29 is 0 Å². The summed E-state index contributed by atoms with van der Waals surface area (Å²) in [6.07, 6.45) is 1.79. The minimum absolute atomic E-state index is 0.134. The van der Waals surface area contributed by atoms with Crippen molar-refractivity contribution in [2.75, 3.05) is 7.05 Å². The number of benzene rings is 1. The number of hydrogen-bond acceptors (Lipinski definition) is 3. The van der Waals surface area contributed by atoms with E-state index in [9.17, 15) is 0 Å². The Kier molecular flexibility index (Phi) is 3.55. The maximum Gasteiger partial charge on any atom is 0.0798 e. The van der Waals surface area contributed by atoms with E-state index in [1.165, 1.54) is 9.13 Å². The predicted molar refractivity (Wildman–Crippen MR) is 71.1 cm³/mol. The molecule has 1 unspecified atom stereocenters. The molecule has 2 rings (SSSR count). The lowest BCUT2D eigenvalue weighted by atomic mass is 10.0. The molecular formula is C11H13IN4. The van der Waals surface area contributed by atoms with E-state index in [-0.39, 0.29) is 6.04 Å². The summed E-state index contributed by atoms with van der Waals surface area (Å²) in [5.74, 6) is 0. The van der Waals surface area contributed by atoms with Crippen LogP contribution in [0.3, 0.4) is 0 Å². The number of nitrogens with one attached hydrogen (secondary N) is 1. The summed E-state index contributed by atoms with van der Waals surface area (Å²) >= 11 is 2.32. The van der Waals surface area contributed by atoms with Crippen LogP contribution in [0.1, 0.15) is 17.3 Å². The Balaban J connectivity index is 2.40. The van der Waals surface area contributed by atoms with E-state index in [1.807, 2.05) is 14.1 Å². The number of rotatable bonds is 3. The zero-order chi connectivity index (χ0) is 11.5. The Hall–Kier alpha value is -0.950. The molecule has 0 saturated heterocycles. The van der Waals surface area contributed by atoms with Gasteiger partial charge in [-0.15, -0.1) is 5.10 Å². The number of aromatic nitrogens is 3. The fraction of sp³-hybridized carbons (Fsp3) is 0.273. The van der Waals surface area contributed by atoms with Crippen LogP contribution in [0.2, 0.25) is 0 Å². The van der Waals surface area contributed by atoms with Crippen molar-refractivity contribution in [2.24, 2.45) is 7.05 Å². The molecule has 0 aliphatic rings. The molecule has 0 aliphatic heterocycles. The van der Waals surface area contributed by atoms with E-state index in [2.05, 4.69) is 62.5 Å². The van der Waals surface area contributed by atoms with Gasteiger partial charge in [-0.3, -0.25) is 4.68 Å². The zero-order valence-electron chi connectivity index (χ0n) is 9.18. The van der Waals surface area contributed by atoms with Crippen LogP contribution in [0, 0.1) is 3.57 Å². The van der Waals surface area contributed by atoms with Crippen LogP contribution in [-0.4, -0.2) is 22.0 Å². The predicted octanol–water partition coefficient (Wildman–Crippen LogP) is 1.73. The lowest BCUT2D eigenvalue weighted by molar-refractivity contribution is 0.598. The van der Waals surface area contributed by atoms with Crippen LogP contribution in [0.5, 0.6) is 0 Å². The van der Waals surface area contributed by atoms with Gasteiger partial charge in [-0.1, -0.05) is 17.3 Å². The molecule has 0 spiro atoms. The van der Waals surface area contributed by atoms with Gasteiger partial charge in [-0.05, 0) is 47.3 Å². The molecule has 0 aliphatic carbocycles. The summed E-state index contributed by atoms with van der Waals surface area (Å²) in [4.78, 5) is 0. The smallest absolute Gasteiger partial charge is 0.0798 e. The van der Waals surface area contributed by atoms with E-state index < -0.39 is 0 Å². The van der Waals surface area contributed by atoms with Gasteiger partial charge in [0.2, 0.25) is 0 Å². The van der Waals surface area contributed by atoms with Crippen LogP contribution in [-0.2, 0) is 7.05 Å². The Bertz CT molecular complexity index is 480. The van der Waals surface area contributed by atoms with E-state index in [4.69, 9.17) is 0 Å². The summed E-state index contributed by atoms with van der Waals surface area (Å²) in [5.41, 5.74) is 2.28. The monoisotopic (exact) mass is 328 g/mol. The SMILES string of the molecule is CNC(c1cccc(I)c1)c1cnnn1C. The van der Waals surface area contributed by atoms with Gasteiger partial charge in [0.25, 0.3) is 0 Å². The third kappa shape index (κ3) is 2.25. The van der Waals surface area contributed by atoms with Gasteiger partial charge in [-0.2, -0.15) is 0 Å². The normalized spacial score (nSPS) is 12.7. The first kappa shape index (κ1) is 11.5. The summed E-state index contributed by atoms with van der Waals surface area (Å²) in [6, 6.07) is 8.55. The van der Waals surface area contributed by atoms with Crippen LogP contribution in [0.25, 0.3) is 0 Å². The second-order valence-electron chi connectivity index (χ2n) is 3.56. The van der Waals surface area contributed by atoms with Gasteiger partial charge in [0.15, 0.2) is 0 Å². The lowest BCUT2D eigenvalue weighted by Gasteiger charge is -2.16. The third-order valence-electron chi connectivity index (χ3n) is 2.52. The molecule has 1 N–H and O–H groups in total. The molecular weight excluding hydrogens is 315 g/mol. The maximum absolute atomic E-state index is 3.96. The minimum atomic E-state index is 0.134. The topological polar surface area (TPSA) is 42.7 Å². The van der Waals surface area contributed by atoms with Gasteiger partial charge in [-0.25, -0.2) is 0 Å². The Morgan fingerprint density at radius 2 is 2.25 bits per heavy atom. The van der Waals surface area contributed by atoms with E-state index in [1.54, 1.807) is 10.9 Å². The molecule has 5 heteroatoms. The Morgan fingerprint density at radius 1 is 1.44 bits per heavy atom. The van der Waals surface area contributed by atoms with Gasteiger partial charge >= 0.3 is 0 Å². The summed E-state index contributed by atoms with van der Waals surface area (Å²) in [6.45, 7) is 0. The largest absolute Gasteiger partial charge is 0.308 e. The lowest BCUT2D eigenvalue weighted by Crippen LogP contribution is -2.20. The fourth-order valence-corrected chi connectivity index (χ4v) is 2.30. The second-order valence-corrected chi connectivity index (χ2v) is 4.80. The summed E-state index contributed by atoms with van der Waals surface area (Å²) < 4.78 is 3.02. The average Bonchev–Trinajstić information content (AvgIpc) is 2.67. The highest BCUT2D eigenvalue weighted by Crippen LogP contribution is 2.21. The Morgan fingerprint density at radius 3 is 2.81 bits per heavy atom. The first-order valence-electron chi connectivity index (χ1n) is 4.99. The number of aryl methyl sites for hydroxylation is 1. The van der Waals surface area contributed by atoms with Crippen molar-refractivity contribution >= 4 is 22.6 Å². The molecule has 2 aromatic rings.